The van der Waals surface area contributed by atoms with E-state index < -0.39 is 0 Å². The molecule has 2 aliphatic rings. The molecule has 1 aliphatic heterocycles. The van der Waals surface area contributed by atoms with Crippen molar-refractivity contribution >= 4 is 22.8 Å². The molecule has 0 bridgehead atoms. The first-order chi connectivity index (χ1) is 7.75. The zero-order valence-electron chi connectivity index (χ0n) is 9.66. The minimum atomic E-state index is 0.206. The topological polar surface area (TPSA) is 53.5 Å². The maximum Gasteiger partial charge on any atom is 0.223 e. The van der Waals surface area contributed by atoms with E-state index in [0.29, 0.717) is 25.0 Å². The van der Waals surface area contributed by atoms with E-state index in [1.165, 1.54) is 6.42 Å². The Balaban J connectivity index is 1.62. The molecule has 1 atom stereocenters. The van der Waals surface area contributed by atoms with Gasteiger partial charge in [-0.25, -0.2) is 0 Å². The first kappa shape index (κ1) is 11.8. The van der Waals surface area contributed by atoms with Crippen LogP contribution < -0.4 is 10.6 Å². The number of carbonyl (C=O) groups excluding carboxylic acids is 1. The SMILES string of the molecule is CC1CCSC(=NCCNC(=O)C2CC2)N1. The quantitative estimate of drug-likeness (QED) is 0.722. The fourth-order valence-corrected chi connectivity index (χ4v) is 2.71. The molecule has 1 saturated carbocycles. The van der Waals surface area contributed by atoms with Gasteiger partial charge in [0.2, 0.25) is 5.91 Å². The molecule has 2 N–H and O–H groups in total. The fraction of sp³-hybridized carbons (Fsp3) is 0.818. The minimum absolute atomic E-state index is 0.206. The molecular formula is C11H19N3OS. The van der Waals surface area contributed by atoms with Gasteiger partial charge in [-0.2, -0.15) is 0 Å². The minimum Gasteiger partial charge on any atom is -0.362 e. The number of hydrogen-bond donors (Lipinski definition) is 2. The average molecular weight is 241 g/mol. The van der Waals surface area contributed by atoms with Crippen molar-refractivity contribution in [2.75, 3.05) is 18.8 Å². The third-order valence-electron chi connectivity index (χ3n) is 2.77. The van der Waals surface area contributed by atoms with Gasteiger partial charge in [0.15, 0.2) is 5.17 Å². The Morgan fingerprint density at radius 1 is 1.56 bits per heavy atom. The summed E-state index contributed by atoms with van der Waals surface area (Å²) in [6, 6.07) is 0.529. The van der Waals surface area contributed by atoms with Crippen LogP contribution in [-0.4, -0.2) is 36.0 Å². The Morgan fingerprint density at radius 3 is 3.06 bits per heavy atom. The standard InChI is InChI=1S/C11H19N3OS/c1-8-4-7-16-11(14-8)13-6-5-12-10(15)9-2-3-9/h8-9H,2-7H2,1H3,(H,12,15)(H,13,14). The van der Waals surface area contributed by atoms with E-state index in [-0.39, 0.29) is 5.91 Å². The van der Waals surface area contributed by atoms with Gasteiger partial charge in [-0.15, -0.1) is 0 Å². The van der Waals surface area contributed by atoms with Gasteiger partial charge in [-0.1, -0.05) is 11.8 Å². The normalized spacial score (nSPS) is 27.6. The molecular weight excluding hydrogens is 222 g/mol. The molecule has 1 saturated heterocycles. The van der Waals surface area contributed by atoms with Crippen molar-refractivity contribution in [2.45, 2.75) is 32.2 Å². The predicted molar refractivity (Wildman–Crippen MR) is 67.7 cm³/mol. The zero-order valence-corrected chi connectivity index (χ0v) is 10.5. The summed E-state index contributed by atoms with van der Waals surface area (Å²) in [6.07, 6.45) is 3.33. The van der Waals surface area contributed by atoms with Crippen molar-refractivity contribution in [2.24, 2.45) is 10.9 Å². The summed E-state index contributed by atoms with van der Waals surface area (Å²) in [5, 5.41) is 7.28. The first-order valence-electron chi connectivity index (χ1n) is 5.97. The number of carbonyl (C=O) groups is 1. The Hall–Kier alpha value is -0.710. The highest BCUT2D eigenvalue weighted by Gasteiger charge is 2.28. The van der Waals surface area contributed by atoms with E-state index in [2.05, 4.69) is 22.5 Å². The van der Waals surface area contributed by atoms with Gasteiger partial charge in [0.05, 0.1) is 6.54 Å². The molecule has 5 heteroatoms. The van der Waals surface area contributed by atoms with E-state index in [9.17, 15) is 4.79 Å². The summed E-state index contributed by atoms with van der Waals surface area (Å²) in [5.74, 6) is 1.65. The van der Waals surface area contributed by atoms with Crippen LogP contribution in [0.4, 0.5) is 0 Å². The van der Waals surface area contributed by atoms with E-state index in [1.807, 2.05) is 0 Å². The van der Waals surface area contributed by atoms with Crippen LogP contribution in [0, 0.1) is 5.92 Å². The highest BCUT2D eigenvalue weighted by Crippen LogP contribution is 2.28. The molecule has 0 spiro atoms. The first-order valence-corrected chi connectivity index (χ1v) is 6.96. The van der Waals surface area contributed by atoms with Gasteiger partial charge < -0.3 is 10.6 Å². The highest BCUT2D eigenvalue weighted by molar-refractivity contribution is 8.13. The molecule has 0 aromatic heterocycles. The Morgan fingerprint density at radius 2 is 2.38 bits per heavy atom. The van der Waals surface area contributed by atoms with Gasteiger partial charge in [0.25, 0.3) is 0 Å². The number of nitrogens with zero attached hydrogens (tertiary/aromatic N) is 1. The maximum atomic E-state index is 11.3. The zero-order chi connectivity index (χ0) is 11.4. The van der Waals surface area contributed by atoms with Crippen molar-refractivity contribution < 1.29 is 4.79 Å². The second-order valence-electron chi connectivity index (χ2n) is 4.43. The number of aliphatic imine (C=N–C) groups is 1. The van der Waals surface area contributed by atoms with Crippen molar-refractivity contribution in [3.8, 4) is 0 Å². The molecule has 2 fully saturated rings. The fourth-order valence-electron chi connectivity index (χ4n) is 1.57. The molecule has 1 aliphatic carbocycles. The van der Waals surface area contributed by atoms with E-state index in [1.54, 1.807) is 11.8 Å². The second kappa shape index (κ2) is 5.57. The smallest absolute Gasteiger partial charge is 0.223 e. The second-order valence-corrected chi connectivity index (χ2v) is 5.52. The van der Waals surface area contributed by atoms with E-state index in [0.717, 1.165) is 23.8 Å². The van der Waals surface area contributed by atoms with Gasteiger partial charge in [0.1, 0.15) is 0 Å². The van der Waals surface area contributed by atoms with Crippen LogP contribution in [0.5, 0.6) is 0 Å². The van der Waals surface area contributed by atoms with Crippen molar-refractivity contribution in [1.29, 1.82) is 0 Å². The summed E-state index contributed by atoms with van der Waals surface area (Å²) >= 11 is 1.77. The van der Waals surface area contributed by atoms with Crippen LogP contribution in [0.25, 0.3) is 0 Å². The van der Waals surface area contributed by atoms with Crippen LogP contribution in [0.3, 0.4) is 0 Å². The average Bonchev–Trinajstić information content (AvgIpc) is 3.08. The lowest BCUT2D eigenvalue weighted by Crippen LogP contribution is -2.36. The Labute approximate surface area is 101 Å². The molecule has 1 heterocycles. The van der Waals surface area contributed by atoms with Gasteiger partial charge in [-0.3, -0.25) is 9.79 Å². The third-order valence-corrected chi connectivity index (χ3v) is 3.73. The van der Waals surface area contributed by atoms with Crippen LogP contribution in [-0.2, 0) is 4.79 Å². The van der Waals surface area contributed by atoms with Gasteiger partial charge in [-0.05, 0) is 26.2 Å². The molecule has 16 heavy (non-hydrogen) atoms. The number of rotatable bonds is 4. The summed E-state index contributed by atoms with van der Waals surface area (Å²) < 4.78 is 0. The summed E-state index contributed by atoms with van der Waals surface area (Å²) in [6.45, 7) is 3.51. The largest absolute Gasteiger partial charge is 0.362 e. The van der Waals surface area contributed by atoms with Crippen molar-refractivity contribution in [3.05, 3.63) is 0 Å². The maximum absolute atomic E-state index is 11.3. The van der Waals surface area contributed by atoms with Gasteiger partial charge >= 0.3 is 0 Å². The Kier molecular flexibility index (Phi) is 4.09. The number of amidine groups is 1. The van der Waals surface area contributed by atoms with Gasteiger partial charge in [0, 0.05) is 24.3 Å². The molecule has 0 aromatic carbocycles. The van der Waals surface area contributed by atoms with Crippen molar-refractivity contribution in [3.63, 3.8) is 0 Å². The highest BCUT2D eigenvalue weighted by atomic mass is 32.2. The lowest BCUT2D eigenvalue weighted by atomic mass is 10.3. The van der Waals surface area contributed by atoms with Crippen molar-refractivity contribution in [1.82, 2.24) is 10.6 Å². The number of thioether (sulfide) groups is 1. The number of nitrogens with one attached hydrogen (secondary N) is 2. The molecule has 0 aromatic rings. The number of amides is 1. The lowest BCUT2D eigenvalue weighted by molar-refractivity contribution is -0.122. The molecule has 1 amide bonds. The molecule has 1 unspecified atom stereocenters. The molecule has 4 nitrogen and oxygen atoms in total. The van der Waals surface area contributed by atoms with Crippen LogP contribution >= 0.6 is 11.8 Å². The Bertz CT molecular complexity index is 289. The van der Waals surface area contributed by atoms with Crippen LogP contribution in [0.15, 0.2) is 4.99 Å². The van der Waals surface area contributed by atoms with E-state index >= 15 is 0 Å². The van der Waals surface area contributed by atoms with Crippen LogP contribution in [0.2, 0.25) is 0 Å². The summed E-state index contributed by atoms with van der Waals surface area (Å²) in [4.78, 5) is 15.8. The third kappa shape index (κ3) is 3.70. The predicted octanol–water partition coefficient (Wildman–Crippen LogP) is 0.984. The molecule has 2 rings (SSSR count). The monoisotopic (exact) mass is 241 g/mol. The lowest BCUT2D eigenvalue weighted by Gasteiger charge is -2.21. The summed E-state index contributed by atoms with van der Waals surface area (Å²) in [5.41, 5.74) is 0. The van der Waals surface area contributed by atoms with E-state index in [4.69, 9.17) is 0 Å². The molecule has 0 radical (unpaired) electrons. The summed E-state index contributed by atoms with van der Waals surface area (Å²) in [7, 11) is 0. The van der Waals surface area contributed by atoms with Crippen LogP contribution in [0.1, 0.15) is 26.2 Å². The number of hydrogen-bond acceptors (Lipinski definition) is 3. The molecule has 90 valence electrons.